The maximum absolute atomic E-state index is 12.5. The van der Waals surface area contributed by atoms with Crippen LogP contribution in [0.1, 0.15) is 24.0 Å². The summed E-state index contributed by atoms with van der Waals surface area (Å²) in [6, 6.07) is 8.27. The molecule has 1 amide bonds. The fourth-order valence-corrected chi connectivity index (χ4v) is 5.89. The van der Waals surface area contributed by atoms with Crippen LogP contribution in [0.5, 0.6) is 0 Å². The Hall–Kier alpha value is -1.94. The van der Waals surface area contributed by atoms with Gasteiger partial charge in [0.2, 0.25) is 15.9 Å². The zero-order valence-electron chi connectivity index (χ0n) is 17.8. The highest BCUT2D eigenvalue weighted by Crippen LogP contribution is 2.47. The lowest BCUT2D eigenvalue weighted by Gasteiger charge is -2.29. The Labute approximate surface area is 202 Å². The molecular formula is C23H24Cl2N2O5S. The first-order valence-corrected chi connectivity index (χ1v) is 12.8. The fraction of sp³-hybridized carbons (Fsp3) is 0.348. The molecule has 2 aromatic rings. The number of fused-ring (bicyclic) bond motifs is 2. The van der Waals surface area contributed by atoms with Crippen molar-refractivity contribution in [2.45, 2.75) is 24.2 Å². The standard InChI is InChI=1S/C23H24Cl2N2O5S/c24-20-11-17(14-2-4-16(5-3-14)33(31,32)26-7-1-9-28)22-18(23(20)25)10-15-6-8-27(12-19(15)22)21(30)13-29/h2-5,11,26,28-29H,1,6-10,12-13H2. The van der Waals surface area contributed by atoms with E-state index in [1.54, 1.807) is 23.1 Å². The predicted octanol–water partition coefficient (Wildman–Crippen LogP) is 2.86. The first-order valence-electron chi connectivity index (χ1n) is 10.6. The van der Waals surface area contributed by atoms with Crippen LogP contribution in [0.25, 0.3) is 16.7 Å². The van der Waals surface area contributed by atoms with E-state index in [0.717, 1.165) is 27.8 Å². The lowest BCUT2D eigenvalue weighted by atomic mass is 9.92. The van der Waals surface area contributed by atoms with Gasteiger partial charge in [0, 0.05) is 26.2 Å². The Morgan fingerprint density at radius 2 is 1.88 bits per heavy atom. The summed E-state index contributed by atoms with van der Waals surface area (Å²) in [6.07, 6.45) is 1.68. The predicted molar refractivity (Wildman–Crippen MR) is 128 cm³/mol. The number of aliphatic hydroxyl groups is 2. The second kappa shape index (κ2) is 9.74. The molecular weight excluding hydrogens is 487 g/mol. The van der Waals surface area contributed by atoms with Gasteiger partial charge in [0.1, 0.15) is 6.61 Å². The zero-order chi connectivity index (χ0) is 23.8. The van der Waals surface area contributed by atoms with Crippen molar-refractivity contribution in [3.05, 3.63) is 57.1 Å². The third-order valence-corrected chi connectivity index (χ3v) is 8.36. The highest BCUT2D eigenvalue weighted by atomic mass is 35.5. The zero-order valence-corrected chi connectivity index (χ0v) is 20.1. The molecule has 33 heavy (non-hydrogen) atoms. The van der Waals surface area contributed by atoms with Crippen LogP contribution < -0.4 is 4.72 Å². The molecule has 2 aliphatic rings. The SMILES string of the molecule is O=C(CO)N1CCC2=C(C1)c1c(-c3ccc(S(=O)(=O)NCCCO)cc3)cc(Cl)c(Cl)c1C2. The van der Waals surface area contributed by atoms with Gasteiger partial charge in [0.25, 0.3) is 0 Å². The molecule has 1 aliphatic heterocycles. The number of hydrogen-bond donors (Lipinski definition) is 3. The van der Waals surface area contributed by atoms with Crippen molar-refractivity contribution in [1.82, 2.24) is 9.62 Å². The van der Waals surface area contributed by atoms with Gasteiger partial charge in [-0.15, -0.1) is 0 Å². The van der Waals surface area contributed by atoms with E-state index >= 15 is 0 Å². The van der Waals surface area contributed by atoms with E-state index < -0.39 is 16.6 Å². The molecule has 0 fully saturated rings. The Bertz CT molecular complexity index is 1230. The van der Waals surface area contributed by atoms with Gasteiger partial charge in [-0.25, -0.2) is 13.1 Å². The molecule has 0 saturated heterocycles. The molecule has 0 aromatic heterocycles. The fourth-order valence-electron chi connectivity index (χ4n) is 4.38. The van der Waals surface area contributed by atoms with Crippen molar-refractivity contribution < 1.29 is 23.4 Å². The van der Waals surface area contributed by atoms with E-state index in [0.29, 0.717) is 42.4 Å². The van der Waals surface area contributed by atoms with Crippen LogP contribution >= 0.6 is 23.2 Å². The lowest BCUT2D eigenvalue weighted by molar-refractivity contribution is -0.133. The number of sulfonamides is 1. The molecule has 176 valence electrons. The minimum Gasteiger partial charge on any atom is -0.396 e. The average molecular weight is 511 g/mol. The van der Waals surface area contributed by atoms with E-state index in [4.69, 9.17) is 28.3 Å². The minimum absolute atomic E-state index is 0.0942. The first kappa shape index (κ1) is 24.2. The number of amides is 1. The molecule has 0 atom stereocenters. The molecule has 0 unspecified atom stereocenters. The molecule has 4 rings (SSSR count). The summed E-state index contributed by atoms with van der Waals surface area (Å²) in [4.78, 5) is 13.9. The topological polar surface area (TPSA) is 107 Å². The molecule has 7 nitrogen and oxygen atoms in total. The quantitative estimate of drug-likeness (QED) is 0.496. The van der Waals surface area contributed by atoms with Crippen molar-refractivity contribution in [3.8, 4) is 11.1 Å². The average Bonchev–Trinajstić information content (AvgIpc) is 3.20. The monoisotopic (exact) mass is 510 g/mol. The van der Waals surface area contributed by atoms with E-state index in [-0.39, 0.29) is 24.0 Å². The molecule has 10 heteroatoms. The van der Waals surface area contributed by atoms with Gasteiger partial charge in [-0.2, -0.15) is 0 Å². The van der Waals surface area contributed by atoms with E-state index in [2.05, 4.69) is 4.72 Å². The van der Waals surface area contributed by atoms with Crippen LogP contribution in [-0.2, 0) is 21.2 Å². The Morgan fingerprint density at radius 3 is 2.55 bits per heavy atom. The van der Waals surface area contributed by atoms with Crippen molar-refractivity contribution in [2.75, 3.05) is 32.8 Å². The molecule has 0 bridgehead atoms. The summed E-state index contributed by atoms with van der Waals surface area (Å²) in [6.45, 7) is 0.451. The molecule has 0 radical (unpaired) electrons. The second-order valence-corrected chi connectivity index (χ2v) is 10.6. The number of aliphatic hydroxyl groups excluding tert-OH is 2. The Kier molecular flexibility index (Phi) is 7.14. The summed E-state index contributed by atoms with van der Waals surface area (Å²) < 4.78 is 27.4. The Morgan fingerprint density at radius 1 is 1.15 bits per heavy atom. The van der Waals surface area contributed by atoms with E-state index in [1.165, 1.54) is 17.7 Å². The van der Waals surface area contributed by atoms with Gasteiger partial charge in [0.15, 0.2) is 0 Å². The maximum atomic E-state index is 12.5. The summed E-state index contributed by atoms with van der Waals surface area (Å²) in [5.74, 6) is -0.320. The van der Waals surface area contributed by atoms with Crippen molar-refractivity contribution >= 4 is 44.7 Å². The number of benzene rings is 2. The van der Waals surface area contributed by atoms with Crippen molar-refractivity contribution in [3.63, 3.8) is 0 Å². The number of nitrogens with one attached hydrogen (secondary N) is 1. The number of rotatable bonds is 7. The number of nitrogens with zero attached hydrogens (tertiary/aromatic N) is 1. The van der Waals surface area contributed by atoms with E-state index in [1.807, 2.05) is 0 Å². The van der Waals surface area contributed by atoms with Gasteiger partial charge in [-0.1, -0.05) is 40.9 Å². The molecule has 1 heterocycles. The molecule has 3 N–H and O–H groups in total. The van der Waals surface area contributed by atoms with Crippen LogP contribution in [0.4, 0.5) is 0 Å². The minimum atomic E-state index is -3.68. The van der Waals surface area contributed by atoms with Crippen LogP contribution in [-0.4, -0.2) is 62.3 Å². The highest BCUT2D eigenvalue weighted by Gasteiger charge is 2.33. The van der Waals surface area contributed by atoms with Gasteiger partial charge in [0.05, 0.1) is 14.9 Å². The van der Waals surface area contributed by atoms with Crippen molar-refractivity contribution in [2.24, 2.45) is 0 Å². The number of carbonyl (C=O) groups is 1. The number of halogens is 2. The number of carbonyl (C=O) groups excluding carboxylic acids is 1. The molecule has 1 aliphatic carbocycles. The number of hydrogen-bond acceptors (Lipinski definition) is 5. The lowest BCUT2D eigenvalue weighted by Crippen LogP contribution is -2.37. The maximum Gasteiger partial charge on any atom is 0.248 e. The van der Waals surface area contributed by atoms with Crippen LogP contribution in [0, 0.1) is 0 Å². The third-order valence-electron chi connectivity index (χ3n) is 6.06. The Balaban J connectivity index is 1.72. The molecule has 0 spiro atoms. The smallest absolute Gasteiger partial charge is 0.248 e. The van der Waals surface area contributed by atoms with Crippen LogP contribution in [0.15, 0.2) is 40.8 Å². The summed E-state index contributed by atoms with van der Waals surface area (Å²) in [5, 5.41) is 19.0. The van der Waals surface area contributed by atoms with Crippen LogP contribution in [0.3, 0.4) is 0 Å². The first-order chi connectivity index (χ1) is 15.8. The highest BCUT2D eigenvalue weighted by molar-refractivity contribution is 7.89. The van der Waals surface area contributed by atoms with E-state index in [9.17, 15) is 18.3 Å². The third kappa shape index (κ3) is 4.69. The summed E-state index contributed by atoms with van der Waals surface area (Å²) in [5.41, 5.74) is 5.63. The van der Waals surface area contributed by atoms with Gasteiger partial charge in [-0.3, -0.25) is 4.79 Å². The normalized spacial score (nSPS) is 15.6. The summed E-state index contributed by atoms with van der Waals surface area (Å²) >= 11 is 13.0. The summed E-state index contributed by atoms with van der Waals surface area (Å²) in [7, 11) is -3.68. The molecule has 2 aromatic carbocycles. The molecule has 0 saturated carbocycles. The van der Waals surface area contributed by atoms with Crippen LogP contribution in [0.2, 0.25) is 10.0 Å². The van der Waals surface area contributed by atoms with Crippen molar-refractivity contribution in [1.29, 1.82) is 0 Å². The second-order valence-electron chi connectivity index (χ2n) is 8.06. The largest absolute Gasteiger partial charge is 0.396 e. The van der Waals surface area contributed by atoms with Gasteiger partial charge >= 0.3 is 0 Å². The van der Waals surface area contributed by atoms with Gasteiger partial charge in [-0.05, 0) is 65.3 Å². The van der Waals surface area contributed by atoms with Gasteiger partial charge < -0.3 is 15.1 Å².